The summed E-state index contributed by atoms with van der Waals surface area (Å²) in [5, 5.41) is 6.41. The fourth-order valence-corrected chi connectivity index (χ4v) is 3.22. The number of benzene rings is 2. The van der Waals surface area contributed by atoms with Crippen molar-refractivity contribution in [3.63, 3.8) is 0 Å². The Kier molecular flexibility index (Phi) is 5.03. The lowest BCUT2D eigenvalue weighted by molar-refractivity contribution is -0.901. The molecule has 0 spiro atoms. The summed E-state index contributed by atoms with van der Waals surface area (Å²) in [7, 11) is 0. The average molecular weight is 310 g/mol. The molecule has 0 aromatic heterocycles. The van der Waals surface area contributed by atoms with E-state index in [-0.39, 0.29) is 5.91 Å². The summed E-state index contributed by atoms with van der Waals surface area (Å²) in [5.41, 5.74) is 4.54. The summed E-state index contributed by atoms with van der Waals surface area (Å²) in [6, 6.07) is 13.7. The first-order valence-corrected chi connectivity index (χ1v) is 8.45. The second-order valence-corrected chi connectivity index (χ2v) is 6.15. The van der Waals surface area contributed by atoms with E-state index in [4.69, 9.17) is 0 Å². The first-order valence-electron chi connectivity index (χ1n) is 8.45. The van der Waals surface area contributed by atoms with Crippen molar-refractivity contribution >= 4 is 22.4 Å². The summed E-state index contributed by atoms with van der Waals surface area (Å²) >= 11 is 0. The molecule has 0 atom stereocenters. The van der Waals surface area contributed by atoms with Crippen LogP contribution in [0.2, 0.25) is 0 Å². The second-order valence-electron chi connectivity index (χ2n) is 6.15. The highest BCUT2D eigenvalue weighted by atomic mass is 16.2. The monoisotopic (exact) mass is 310 g/mol. The maximum Gasteiger partial charge on any atom is 0.271 e. The van der Waals surface area contributed by atoms with Gasteiger partial charge in [0, 0.05) is 24.1 Å². The number of fused-ring (bicyclic) bond motifs is 1. The van der Waals surface area contributed by atoms with Crippen molar-refractivity contribution in [3.05, 3.63) is 48.0 Å². The quantitative estimate of drug-likeness (QED) is 0.834. The number of piperidine rings is 1. The molecule has 2 N–H and O–H groups in total. The Balaban J connectivity index is 1.66. The highest BCUT2D eigenvalue weighted by molar-refractivity contribution is 6.07. The van der Waals surface area contributed by atoms with Crippen LogP contribution in [0.5, 0.6) is 0 Å². The van der Waals surface area contributed by atoms with Crippen LogP contribution in [-0.2, 0) is 0 Å². The van der Waals surface area contributed by atoms with Crippen LogP contribution in [0.4, 0.5) is 0 Å². The van der Waals surface area contributed by atoms with Crippen molar-refractivity contribution in [1.29, 1.82) is 0 Å². The largest absolute Gasteiger partial charge is 0.334 e. The van der Waals surface area contributed by atoms with Gasteiger partial charge in [-0.15, -0.1) is 0 Å². The van der Waals surface area contributed by atoms with Gasteiger partial charge < -0.3 is 4.90 Å². The molecule has 23 heavy (non-hydrogen) atoms. The first-order chi connectivity index (χ1) is 11.3. The van der Waals surface area contributed by atoms with Gasteiger partial charge in [-0.05, 0) is 23.3 Å². The molecular formula is C19H24N3O+. The normalized spacial score (nSPS) is 18.0. The van der Waals surface area contributed by atoms with Gasteiger partial charge in [-0.2, -0.15) is 5.10 Å². The predicted octanol–water partition coefficient (Wildman–Crippen LogP) is 2.01. The molecular weight excluding hydrogens is 286 g/mol. The molecule has 1 aliphatic rings. The minimum Gasteiger partial charge on any atom is -0.334 e. The molecule has 4 nitrogen and oxygen atoms in total. The van der Waals surface area contributed by atoms with Crippen LogP contribution in [-0.4, -0.2) is 31.3 Å². The van der Waals surface area contributed by atoms with Crippen molar-refractivity contribution in [2.45, 2.75) is 26.2 Å². The molecule has 0 aliphatic carbocycles. The van der Waals surface area contributed by atoms with E-state index < -0.39 is 0 Å². The fraction of sp³-hybridized carbons (Fsp3) is 0.368. The van der Waals surface area contributed by atoms with Crippen LogP contribution in [0.1, 0.15) is 36.5 Å². The Labute approximate surface area is 137 Å². The third kappa shape index (κ3) is 3.77. The van der Waals surface area contributed by atoms with Crippen LogP contribution in [0.3, 0.4) is 0 Å². The Morgan fingerprint density at radius 3 is 2.65 bits per heavy atom. The lowest BCUT2D eigenvalue weighted by Gasteiger charge is -2.24. The molecule has 0 unspecified atom stereocenters. The number of quaternary nitrogens is 1. The number of carbonyl (C=O) groups excluding carboxylic acids is 1. The van der Waals surface area contributed by atoms with Crippen molar-refractivity contribution in [3.8, 4) is 0 Å². The molecule has 1 aliphatic heterocycles. The molecule has 2 aromatic carbocycles. The van der Waals surface area contributed by atoms with Gasteiger partial charge in [0.1, 0.15) is 0 Å². The lowest BCUT2D eigenvalue weighted by atomic mass is 10.0. The first kappa shape index (κ1) is 15.7. The van der Waals surface area contributed by atoms with Crippen LogP contribution in [0, 0.1) is 0 Å². The number of carbonyl (C=O) groups is 1. The topological polar surface area (TPSA) is 45.9 Å². The number of hydrogen-bond acceptors (Lipinski definition) is 2. The number of amides is 1. The van der Waals surface area contributed by atoms with Gasteiger partial charge in [-0.3, -0.25) is 4.79 Å². The summed E-state index contributed by atoms with van der Waals surface area (Å²) in [6.07, 6.45) is 3.18. The maximum atomic E-state index is 12.4. The van der Waals surface area contributed by atoms with E-state index in [1.807, 2.05) is 42.5 Å². The number of nitrogens with one attached hydrogen (secondary N) is 2. The average Bonchev–Trinajstić information content (AvgIpc) is 2.60. The second kappa shape index (κ2) is 7.38. The van der Waals surface area contributed by atoms with Crippen LogP contribution < -0.4 is 10.3 Å². The van der Waals surface area contributed by atoms with E-state index in [2.05, 4.69) is 17.5 Å². The molecule has 1 fully saturated rings. The van der Waals surface area contributed by atoms with Crippen molar-refractivity contribution in [1.82, 2.24) is 5.43 Å². The fourth-order valence-electron chi connectivity index (χ4n) is 3.22. The van der Waals surface area contributed by atoms with E-state index in [0.29, 0.717) is 5.56 Å². The summed E-state index contributed by atoms with van der Waals surface area (Å²) < 4.78 is 0. The van der Waals surface area contributed by atoms with Crippen LogP contribution in [0.25, 0.3) is 10.8 Å². The summed E-state index contributed by atoms with van der Waals surface area (Å²) in [6.45, 7) is 5.70. The molecule has 1 amide bonds. The van der Waals surface area contributed by atoms with Crippen molar-refractivity contribution in [2.24, 2.45) is 5.10 Å². The van der Waals surface area contributed by atoms with Gasteiger partial charge >= 0.3 is 0 Å². The smallest absolute Gasteiger partial charge is 0.271 e. The Morgan fingerprint density at radius 1 is 1.13 bits per heavy atom. The number of hydrogen-bond donors (Lipinski definition) is 2. The third-order valence-corrected chi connectivity index (χ3v) is 4.49. The molecule has 0 bridgehead atoms. The lowest BCUT2D eigenvalue weighted by Crippen LogP contribution is -3.13. The molecule has 0 saturated carbocycles. The highest BCUT2D eigenvalue weighted by Gasteiger charge is 2.17. The summed E-state index contributed by atoms with van der Waals surface area (Å²) in [4.78, 5) is 14.1. The molecule has 3 rings (SSSR count). The Morgan fingerprint density at radius 2 is 1.87 bits per heavy atom. The number of nitrogens with zero attached hydrogens (tertiary/aromatic N) is 1. The minimum absolute atomic E-state index is 0.127. The van der Waals surface area contributed by atoms with Gasteiger partial charge in [0.05, 0.1) is 19.6 Å². The number of rotatable bonds is 4. The van der Waals surface area contributed by atoms with Gasteiger partial charge in [-0.25, -0.2) is 5.43 Å². The number of likely N-dealkylation sites (tertiary alicyclic amines) is 1. The van der Waals surface area contributed by atoms with Gasteiger partial charge in [0.2, 0.25) is 0 Å². The maximum absolute atomic E-state index is 12.4. The highest BCUT2D eigenvalue weighted by Crippen LogP contribution is 2.18. The molecule has 120 valence electrons. The van der Waals surface area contributed by atoms with Crippen LogP contribution >= 0.6 is 0 Å². The molecule has 1 heterocycles. The van der Waals surface area contributed by atoms with E-state index >= 15 is 0 Å². The Hall–Kier alpha value is -2.20. The van der Waals surface area contributed by atoms with E-state index in [9.17, 15) is 4.79 Å². The predicted molar refractivity (Wildman–Crippen MR) is 93.9 cm³/mol. The zero-order chi connectivity index (χ0) is 16.1. The summed E-state index contributed by atoms with van der Waals surface area (Å²) in [5.74, 6) is -0.127. The Bertz CT molecular complexity index is 708. The molecule has 4 heteroatoms. The zero-order valence-electron chi connectivity index (χ0n) is 13.6. The van der Waals surface area contributed by atoms with E-state index in [0.717, 1.165) is 42.4 Å². The number of hydrazone groups is 1. The van der Waals surface area contributed by atoms with Crippen molar-refractivity contribution in [2.75, 3.05) is 19.6 Å². The molecule has 1 saturated heterocycles. The SMILES string of the molecule is CCC[NH+]1CCC(=NNC(=O)c2cccc3ccccc23)CC1. The van der Waals surface area contributed by atoms with E-state index in [1.54, 1.807) is 4.90 Å². The third-order valence-electron chi connectivity index (χ3n) is 4.49. The van der Waals surface area contributed by atoms with Gasteiger partial charge in [0.25, 0.3) is 5.91 Å². The minimum atomic E-state index is -0.127. The van der Waals surface area contributed by atoms with Crippen molar-refractivity contribution < 1.29 is 9.69 Å². The zero-order valence-corrected chi connectivity index (χ0v) is 13.6. The molecule has 0 radical (unpaired) electrons. The molecule has 2 aromatic rings. The van der Waals surface area contributed by atoms with Gasteiger partial charge in [-0.1, -0.05) is 43.3 Å². The van der Waals surface area contributed by atoms with Gasteiger partial charge in [0.15, 0.2) is 0 Å². The standard InChI is InChI=1S/C19H23N3O/c1-2-12-22-13-10-16(11-14-22)20-21-19(23)18-9-5-7-15-6-3-4-8-17(15)18/h3-9H,2,10-14H2,1H3,(H,21,23)/p+1. The van der Waals surface area contributed by atoms with E-state index in [1.165, 1.54) is 13.0 Å². The van der Waals surface area contributed by atoms with Crippen LogP contribution in [0.15, 0.2) is 47.6 Å².